The fourth-order valence-electron chi connectivity index (χ4n) is 10.2. The second-order valence-electron chi connectivity index (χ2n) is 14.0. The van der Waals surface area contributed by atoms with Crippen molar-refractivity contribution in [3.63, 3.8) is 0 Å². The van der Waals surface area contributed by atoms with Gasteiger partial charge in [0.25, 0.3) is 0 Å². The van der Waals surface area contributed by atoms with Crippen LogP contribution in [0.15, 0.2) is 54.1 Å². The van der Waals surface area contributed by atoms with Gasteiger partial charge in [0, 0.05) is 12.0 Å². The summed E-state index contributed by atoms with van der Waals surface area (Å²) in [7, 11) is 0. The summed E-state index contributed by atoms with van der Waals surface area (Å²) in [4.78, 5) is 0. The van der Waals surface area contributed by atoms with E-state index in [4.69, 9.17) is 16.1 Å². The number of fused-ring (bicyclic) bond motifs is 6. The van der Waals surface area contributed by atoms with Crippen LogP contribution in [0.5, 0.6) is 0 Å². The summed E-state index contributed by atoms with van der Waals surface area (Å²) in [5, 5.41) is 3.86. The smallest absolute Gasteiger partial charge is 0.0937 e. The quantitative estimate of drug-likeness (QED) is 0.449. The predicted octanol–water partition coefficient (Wildman–Crippen LogP) is 7.08. The van der Waals surface area contributed by atoms with E-state index in [-0.39, 0.29) is 5.60 Å². The van der Waals surface area contributed by atoms with Gasteiger partial charge in [-0.15, -0.1) is 0 Å². The molecule has 7 rings (SSSR count). The summed E-state index contributed by atoms with van der Waals surface area (Å²) >= 11 is 0. The first-order valence-electron chi connectivity index (χ1n) is 15.3. The molecule has 0 aromatic heterocycles. The lowest BCUT2D eigenvalue weighted by molar-refractivity contribution is -0.0684. The third-order valence-corrected chi connectivity index (χ3v) is 12.3. The third kappa shape index (κ3) is 3.78. The van der Waals surface area contributed by atoms with Gasteiger partial charge >= 0.3 is 0 Å². The van der Waals surface area contributed by atoms with E-state index in [9.17, 15) is 0 Å². The molecular weight excluding hydrogens is 454 g/mol. The number of rotatable bonds is 3. The van der Waals surface area contributed by atoms with Crippen LogP contribution in [0.1, 0.15) is 77.7 Å². The van der Waals surface area contributed by atoms with Crippen molar-refractivity contribution in [2.24, 2.45) is 40.9 Å². The zero-order chi connectivity index (χ0) is 25.4. The van der Waals surface area contributed by atoms with Crippen LogP contribution in [-0.4, -0.2) is 30.4 Å². The van der Waals surface area contributed by atoms with Crippen molar-refractivity contribution in [3.8, 4) is 0 Å². The Balaban J connectivity index is 1.06. The first-order chi connectivity index (χ1) is 17.9. The van der Waals surface area contributed by atoms with Gasteiger partial charge < -0.3 is 14.8 Å². The number of ether oxygens (including phenoxy) is 2. The summed E-state index contributed by atoms with van der Waals surface area (Å²) in [6.45, 7) is 14.2. The molecule has 37 heavy (non-hydrogen) atoms. The number of allylic oxidation sites excluding steroid dienone is 1. The minimum atomic E-state index is -0.0961. The second kappa shape index (κ2) is 9.07. The van der Waals surface area contributed by atoms with E-state index in [1.807, 2.05) is 0 Å². The largest absolute Gasteiger partial charge is 0.373 e. The average molecular weight is 502 g/mol. The molecule has 1 aromatic rings. The van der Waals surface area contributed by atoms with Gasteiger partial charge in [-0.3, -0.25) is 0 Å². The highest BCUT2D eigenvalue weighted by molar-refractivity contribution is 5.33. The molecule has 0 amide bonds. The number of hydrogen-bond donors (Lipinski definition) is 1. The Morgan fingerprint density at radius 1 is 1.08 bits per heavy atom. The van der Waals surface area contributed by atoms with E-state index in [0.29, 0.717) is 41.4 Å². The van der Waals surface area contributed by atoms with Gasteiger partial charge in [-0.25, -0.2) is 0 Å². The molecule has 3 heteroatoms. The van der Waals surface area contributed by atoms with Crippen LogP contribution in [-0.2, 0) is 16.1 Å². The molecule has 1 aromatic carbocycles. The van der Waals surface area contributed by atoms with Crippen molar-refractivity contribution in [2.75, 3.05) is 6.54 Å². The summed E-state index contributed by atoms with van der Waals surface area (Å²) in [6.07, 6.45) is 13.3. The molecule has 2 aliphatic heterocycles. The number of hydrogen-bond acceptors (Lipinski definition) is 3. The lowest BCUT2D eigenvalue weighted by Gasteiger charge is -2.50. The Kier molecular flexibility index (Phi) is 6.03. The van der Waals surface area contributed by atoms with Gasteiger partial charge in [-0.05, 0) is 104 Å². The highest BCUT2D eigenvalue weighted by Gasteiger charge is 2.63. The van der Waals surface area contributed by atoms with E-state index in [0.717, 1.165) is 37.3 Å². The van der Waals surface area contributed by atoms with Gasteiger partial charge in [0.2, 0.25) is 0 Å². The van der Waals surface area contributed by atoms with Gasteiger partial charge in [0.05, 0.1) is 24.4 Å². The Hall–Kier alpha value is -1.42. The van der Waals surface area contributed by atoms with Crippen molar-refractivity contribution in [1.29, 1.82) is 0 Å². The molecule has 6 aliphatic rings. The van der Waals surface area contributed by atoms with Crippen LogP contribution >= 0.6 is 0 Å². The molecular formula is C34H47NO2. The van der Waals surface area contributed by atoms with Crippen LogP contribution in [0.25, 0.3) is 0 Å². The van der Waals surface area contributed by atoms with Gasteiger partial charge in [-0.1, -0.05) is 69.3 Å². The normalized spacial score (nSPS) is 48.7. The second-order valence-corrected chi connectivity index (χ2v) is 14.0. The van der Waals surface area contributed by atoms with Crippen LogP contribution < -0.4 is 5.32 Å². The van der Waals surface area contributed by atoms with Crippen LogP contribution in [0.4, 0.5) is 0 Å². The maximum Gasteiger partial charge on any atom is 0.0937 e. The Labute approximate surface area is 224 Å². The van der Waals surface area contributed by atoms with Crippen molar-refractivity contribution in [3.05, 3.63) is 59.7 Å². The average Bonchev–Trinajstić information content (AvgIpc) is 3.42. The molecule has 3 saturated carbocycles. The topological polar surface area (TPSA) is 30.5 Å². The lowest BCUT2D eigenvalue weighted by Crippen LogP contribution is -2.50. The summed E-state index contributed by atoms with van der Waals surface area (Å²) in [5.41, 5.74) is 4.70. The lowest BCUT2D eigenvalue weighted by atomic mass is 9.56. The number of piperidine rings is 1. The molecule has 3 nitrogen and oxygen atoms in total. The SMILES string of the molecule is C=C1[C@@H]2C[C@H]3[C@@H](CC=C4C[C@@H](OCc5ccccc5)CC[C@@]43C)[C@@H]2CC[C@]12O[C@@H]1C[C@H](C)CN[C@H]1[C@H]2C. The summed E-state index contributed by atoms with van der Waals surface area (Å²) < 4.78 is 13.5. The zero-order valence-corrected chi connectivity index (χ0v) is 23.3. The highest BCUT2D eigenvalue weighted by atomic mass is 16.5. The van der Waals surface area contributed by atoms with Crippen molar-refractivity contribution >= 4 is 0 Å². The highest BCUT2D eigenvalue weighted by Crippen LogP contribution is 2.66. The molecule has 1 N–H and O–H groups in total. The maximum absolute atomic E-state index is 7.07. The molecule has 4 aliphatic carbocycles. The molecule has 2 heterocycles. The van der Waals surface area contributed by atoms with E-state index in [2.05, 4.69) is 62.5 Å². The third-order valence-electron chi connectivity index (χ3n) is 12.3. The molecule has 0 radical (unpaired) electrons. The monoisotopic (exact) mass is 501 g/mol. The fourth-order valence-corrected chi connectivity index (χ4v) is 10.2. The molecule has 0 unspecified atom stereocenters. The minimum Gasteiger partial charge on any atom is -0.373 e. The van der Waals surface area contributed by atoms with E-state index >= 15 is 0 Å². The molecule has 0 bridgehead atoms. The summed E-state index contributed by atoms with van der Waals surface area (Å²) in [6, 6.07) is 11.2. The van der Waals surface area contributed by atoms with Gasteiger partial charge in [-0.2, -0.15) is 0 Å². The number of nitrogens with one attached hydrogen (secondary N) is 1. The van der Waals surface area contributed by atoms with Crippen LogP contribution in [0.3, 0.4) is 0 Å². The first-order valence-corrected chi connectivity index (χ1v) is 15.3. The molecule has 1 spiro atoms. The standard InChI is InChI=1S/C34H47NO2/c1-21-16-31-32(35-19-21)23(3)34(37-31)15-13-27-28-11-10-25-17-26(36-20-24-8-6-5-7-9-24)12-14-33(25,4)30(28)18-29(27)22(34)2/h5-10,21,23,26-32,35H,2,11-20H2,1,3-4H3/t21-,23+,26-,27-,28-,29-,30-,31+,32-,33-,34-/m0/s1. The van der Waals surface area contributed by atoms with Crippen molar-refractivity contribution < 1.29 is 9.47 Å². The van der Waals surface area contributed by atoms with Crippen molar-refractivity contribution in [2.45, 2.75) is 103 Å². The minimum absolute atomic E-state index is 0.0961. The van der Waals surface area contributed by atoms with Crippen molar-refractivity contribution in [1.82, 2.24) is 5.32 Å². The molecule has 5 fully saturated rings. The first kappa shape index (κ1) is 24.6. The van der Waals surface area contributed by atoms with E-state index in [1.54, 1.807) is 5.57 Å². The summed E-state index contributed by atoms with van der Waals surface area (Å²) in [5.74, 6) is 4.30. The van der Waals surface area contributed by atoms with E-state index in [1.165, 1.54) is 56.1 Å². The molecule has 2 saturated heterocycles. The van der Waals surface area contributed by atoms with Crippen LogP contribution in [0.2, 0.25) is 0 Å². The Morgan fingerprint density at radius 2 is 1.92 bits per heavy atom. The Morgan fingerprint density at radius 3 is 2.76 bits per heavy atom. The van der Waals surface area contributed by atoms with Gasteiger partial charge in [0.1, 0.15) is 0 Å². The zero-order valence-electron chi connectivity index (χ0n) is 23.3. The maximum atomic E-state index is 7.07. The molecule has 200 valence electrons. The van der Waals surface area contributed by atoms with Gasteiger partial charge in [0.15, 0.2) is 0 Å². The number of benzene rings is 1. The molecule has 11 atom stereocenters. The van der Waals surface area contributed by atoms with E-state index < -0.39 is 0 Å². The predicted molar refractivity (Wildman–Crippen MR) is 149 cm³/mol. The Bertz CT molecular complexity index is 1060. The fraction of sp³-hybridized carbons (Fsp3) is 0.706. The van der Waals surface area contributed by atoms with Crippen LogP contribution in [0, 0.1) is 40.9 Å².